The number of carbonyl (C=O) groups is 1. The highest BCUT2D eigenvalue weighted by Crippen LogP contribution is 2.28. The third-order valence-electron chi connectivity index (χ3n) is 4.05. The molecular weight excluding hydrogens is 354 g/mol. The SMILES string of the molecule is CCOC(=O)C(N)Cc1c(-c2ccc(OC)cc2)nc2ccc(Cl)cn12. The predicted molar refractivity (Wildman–Crippen MR) is 101 cm³/mol. The van der Waals surface area contributed by atoms with Gasteiger partial charge in [0.2, 0.25) is 0 Å². The molecule has 3 aromatic rings. The van der Waals surface area contributed by atoms with Crippen LogP contribution in [0, 0.1) is 0 Å². The van der Waals surface area contributed by atoms with Crippen molar-refractivity contribution in [3.8, 4) is 17.0 Å². The van der Waals surface area contributed by atoms with Gasteiger partial charge in [0.15, 0.2) is 0 Å². The Labute approximate surface area is 156 Å². The number of nitrogens with two attached hydrogens (primary N) is 1. The van der Waals surface area contributed by atoms with E-state index in [0.29, 0.717) is 5.02 Å². The van der Waals surface area contributed by atoms with Gasteiger partial charge in [-0.2, -0.15) is 0 Å². The number of nitrogens with zero attached hydrogens (tertiary/aromatic N) is 2. The van der Waals surface area contributed by atoms with Gasteiger partial charge >= 0.3 is 5.97 Å². The van der Waals surface area contributed by atoms with Gasteiger partial charge in [-0.3, -0.25) is 4.79 Å². The second kappa shape index (κ2) is 7.76. The van der Waals surface area contributed by atoms with Crippen molar-refractivity contribution in [1.82, 2.24) is 9.38 Å². The number of methoxy groups -OCH3 is 1. The molecule has 26 heavy (non-hydrogen) atoms. The fourth-order valence-electron chi connectivity index (χ4n) is 2.78. The van der Waals surface area contributed by atoms with Gasteiger partial charge in [-0.1, -0.05) is 11.6 Å². The fraction of sp³-hybridized carbons (Fsp3) is 0.263. The number of pyridine rings is 1. The molecule has 0 spiro atoms. The van der Waals surface area contributed by atoms with E-state index in [1.165, 1.54) is 0 Å². The van der Waals surface area contributed by atoms with Crippen LogP contribution in [0.2, 0.25) is 5.02 Å². The topological polar surface area (TPSA) is 78.8 Å². The van der Waals surface area contributed by atoms with Crippen LogP contribution in [0.3, 0.4) is 0 Å². The number of imidazole rings is 1. The van der Waals surface area contributed by atoms with Gasteiger partial charge in [0.05, 0.1) is 30.1 Å². The second-order valence-corrected chi connectivity index (χ2v) is 6.21. The molecule has 136 valence electrons. The third kappa shape index (κ3) is 3.66. The van der Waals surface area contributed by atoms with Gasteiger partial charge in [-0.15, -0.1) is 0 Å². The number of aromatic nitrogens is 2. The van der Waals surface area contributed by atoms with Crippen molar-refractivity contribution >= 4 is 23.2 Å². The lowest BCUT2D eigenvalue weighted by molar-refractivity contribution is -0.144. The molecular formula is C19H20ClN3O3. The van der Waals surface area contributed by atoms with E-state index >= 15 is 0 Å². The highest BCUT2D eigenvalue weighted by Gasteiger charge is 2.22. The summed E-state index contributed by atoms with van der Waals surface area (Å²) in [7, 11) is 1.62. The summed E-state index contributed by atoms with van der Waals surface area (Å²) in [5.41, 5.74) is 9.22. The number of halogens is 1. The van der Waals surface area contributed by atoms with Crippen molar-refractivity contribution in [2.24, 2.45) is 5.73 Å². The van der Waals surface area contributed by atoms with Gasteiger partial charge in [0.1, 0.15) is 17.4 Å². The first-order valence-corrected chi connectivity index (χ1v) is 8.64. The van der Waals surface area contributed by atoms with Crippen molar-refractivity contribution in [3.05, 3.63) is 53.3 Å². The molecule has 2 aromatic heterocycles. The normalized spacial score (nSPS) is 12.2. The van der Waals surface area contributed by atoms with Crippen molar-refractivity contribution in [2.75, 3.05) is 13.7 Å². The minimum atomic E-state index is -0.786. The number of esters is 1. The maximum Gasteiger partial charge on any atom is 0.323 e. The Morgan fingerprint density at radius 3 is 2.65 bits per heavy atom. The molecule has 3 rings (SSSR count). The number of hydrogen-bond acceptors (Lipinski definition) is 5. The average Bonchev–Trinajstić information content (AvgIpc) is 2.99. The Morgan fingerprint density at radius 2 is 2.00 bits per heavy atom. The Kier molecular flexibility index (Phi) is 5.44. The Hall–Kier alpha value is -2.57. The van der Waals surface area contributed by atoms with E-state index in [-0.39, 0.29) is 13.0 Å². The maximum atomic E-state index is 12.0. The highest BCUT2D eigenvalue weighted by molar-refractivity contribution is 6.30. The molecule has 7 heteroatoms. The van der Waals surface area contributed by atoms with E-state index in [2.05, 4.69) is 0 Å². The van der Waals surface area contributed by atoms with Gasteiger partial charge in [0.25, 0.3) is 0 Å². The molecule has 0 aliphatic heterocycles. The smallest absolute Gasteiger partial charge is 0.323 e. The number of fused-ring (bicyclic) bond motifs is 1. The van der Waals surface area contributed by atoms with Crippen molar-refractivity contribution in [2.45, 2.75) is 19.4 Å². The van der Waals surface area contributed by atoms with Gasteiger partial charge in [0, 0.05) is 18.2 Å². The minimum Gasteiger partial charge on any atom is -0.497 e. The lowest BCUT2D eigenvalue weighted by Crippen LogP contribution is -2.34. The monoisotopic (exact) mass is 373 g/mol. The zero-order chi connectivity index (χ0) is 18.7. The lowest BCUT2D eigenvalue weighted by Gasteiger charge is -2.12. The molecule has 2 heterocycles. The second-order valence-electron chi connectivity index (χ2n) is 5.77. The quantitative estimate of drug-likeness (QED) is 0.672. The molecule has 6 nitrogen and oxygen atoms in total. The van der Waals surface area contributed by atoms with Gasteiger partial charge in [-0.05, 0) is 43.3 Å². The standard InChI is InChI=1S/C19H20ClN3O3/c1-3-26-19(24)15(21)10-16-18(12-4-7-14(25-2)8-5-12)22-17-9-6-13(20)11-23(16)17/h4-9,11,15H,3,10,21H2,1-2H3. The molecule has 1 unspecified atom stereocenters. The molecule has 0 fully saturated rings. The van der Waals surface area contributed by atoms with Crippen molar-refractivity contribution in [1.29, 1.82) is 0 Å². The van der Waals surface area contributed by atoms with Crippen LogP contribution in [-0.4, -0.2) is 35.1 Å². The fourth-order valence-corrected chi connectivity index (χ4v) is 2.94. The van der Waals surface area contributed by atoms with E-state index in [0.717, 1.165) is 28.3 Å². The highest BCUT2D eigenvalue weighted by atomic mass is 35.5. The molecule has 1 atom stereocenters. The van der Waals surface area contributed by atoms with E-state index in [4.69, 9.17) is 31.8 Å². The number of rotatable bonds is 6. The maximum absolute atomic E-state index is 12.0. The van der Waals surface area contributed by atoms with Crippen LogP contribution in [0.25, 0.3) is 16.9 Å². The summed E-state index contributed by atoms with van der Waals surface area (Å²) in [6.07, 6.45) is 2.05. The van der Waals surface area contributed by atoms with Crippen LogP contribution < -0.4 is 10.5 Å². The average molecular weight is 374 g/mol. The Morgan fingerprint density at radius 1 is 1.27 bits per heavy atom. The van der Waals surface area contributed by atoms with Crippen LogP contribution in [-0.2, 0) is 16.0 Å². The summed E-state index contributed by atoms with van der Waals surface area (Å²) in [6.45, 7) is 2.04. The summed E-state index contributed by atoms with van der Waals surface area (Å²) in [6, 6.07) is 10.4. The molecule has 1 aromatic carbocycles. The van der Waals surface area contributed by atoms with E-state index < -0.39 is 12.0 Å². The minimum absolute atomic E-state index is 0.279. The summed E-state index contributed by atoms with van der Waals surface area (Å²) >= 11 is 6.15. The summed E-state index contributed by atoms with van der Waals surface area (Å²) in [5, 5.41) is 0.571. The zero-order valence-corrected chi connectivity index (χ0v) is 15.4. The number of carbonyl (C=O) groups excluding carboxylic acids is 1. The van der Waals surface area contributed by atoms with Crippen LogP contribution in [0.15, 0.2) is 42.6 Å². The number of benzene rings is 1. The molecule has 0 amide bonds. The lowest BCUT2D eigenvalue weighted by atomic mass is 10.1. The Bertz CT molecular complexity index is 922. The Balaban J connectivity index is 2.07. The molecule has 0 bridgehead atoms. The van der Waals surface area contributed by atoms with Gasteiger partial charge in [-0.25, -0.2) is 4.98 Å². The van der Waals surface area contributed by atoms with Gasteiger partial charge < -0.3 is 19.6 Å². The summed E-state index contributed by atoms with van der Waals surface area (Å²) < 4.78 is 12.1. The number of hydrogen-bond donors (Lipinski definition) is 1. The summed E-state index contributed by atoms with van der Waals surface area (Å²) in [4.78, 5) is 16.7. The summed E-state index contributed by atoms with van der Waals surface area (Å²) in [5.74, 6) is 0.315. The molecule has 0 aliphatic rings. The van der Waals surface area contributed by atoms with E-state index in [1.54, 1.807) is 26.3 Å². The van der Waals surface area contributed by atoms with Crippen LogP contribution in [0.1, 0.15) is 12.6 Å². The molecule has 2 N–H and O–H groups in total. The molecule has 0 saturated carbocycles. The zero-order valence-electron chi connectivity index (χ0n) is 14.6. The first-order valence-electron chi connectivity index (χ1n) is 8.26. The van der Waals surface area contributed by atoms with Crippen molar-refractivity contribution < 1.29 is 14.3 Å². The van der Waals surface area contributed by atoms with E-state index in [1.807, 2.05) is 34.7 Å². The molecule has 0 aliphatic carbocycles. The van der Waals surface area contributed by atoms with Crippen LogP contribution >= 0.6 is 11.6 Å². The number of ether oxygens (including phenoxy) is 2. The van der Waals surface area contributed by atoms with Crippen molar-refractivity contribution in [3.63, 3.8) is 0 Å². The first-order chi connectivity index (χ1) is 12.5. The van der Waals surface area contributed by atoms with E-state index in [9.17, 15) is 4.79 Å². The third-order valence-corrected chi connectivity index (χ3v) is 4.27. The molecule has 0 radical (unpaired) electrons. The van der Waals surface area contributed by atoms with Crippen LogP contribution in [0.5, 0.6) is 5.75 Å². The van der Waals surface area contributed by atoms with Crippen LogP contribution in [0.4, 0.5) is 0 Å². The first kappa shape index (κ1) is 18.2. The molecule has 0 saturated heterocycles. The largest absolute Gasteiger partial charge is 0.497 e. The predicted octanol–water partition coefficient (Wildman–Crippen LogP) is 3.10.